The minimum Gasteiger partial charge on any atom is -0.336 e. The van der Waals surface area contributed by atoms with Crippen molar-refractivity contribution in [2.75, 3.05) is 26.0 Å². The zero-order valence-corrected chi connectivity index (χ0v) is 14.9. The van der Waals surface area contributed by atoms with Crippen molar-refractivity contribution < 1.29 is 4.79 Å². The van der Waals surface area contributed by atoms with Crippen LogP contribution in [0.4, 0.5) is 10.6 Å². The Labute approximate surface area is 140 Å². The molecule has 1 unspecified atom stereocenters. The Balaban J connectivity index is 1.90. The fourth-order valence-electron chi connectivity index (χ4n) is 2.28. The quantitative estimate of drug-likeness (QED) is 0.814. The predicted molar refractivity (Wildman–Crippen MR) is 92.8 cm³/mol. The van der Waals surface area contributed by atoms with Gasteiger partial charge in [-0.2, -0.15) is 0 Å². The summed E-state index contributed by atoms with van der Waals surface area (Å²) in [6.07, 6.45) is 2.70. The van der Waals surface area contributed by atoms with Gasteiger partial charge < -0.3 is 10.2 Å². The molecule has 0 saturated carbocycles. The molecule has 7 nitrogen and oxygen atoms in total. The number of nitrogens with one attached hydrogen (secondary N) is 2. The van der Waals surface area contributed by atoms with Gasteiger partial charge in [-0.15, -0.1) is 16.4 Å². The van der Waals surface area contributed by atoms with Crippen LogP contribution in [0.2, 0.25) is 0 Å². The highest BCUT2D eigenvalue weighted by Crippen LogP contribution is 2.26. The molecule has 2 rings (SSSR count). The lowest BCUT2D eigenvalue weighted by Crippen LogP contribution is -2.36. The van der Waals surface area contributed by atoms with Crippen molar-refractivity contribution in [3.63, 3.8) is 0 Å². The van der Waals surface area contributed by atoms with Gasteiger partial charge in [0.15, 0.2) is 5.82 Å². The van der Waals surface area contributed by atoms with Crippen molar-refractivity contribution >= 4 is 23.2 Å². The van der Waals surface area contributed by atoms with Crippen LogP contribution >= 0.6 is 11.3 Å². The highest BCUT2D eigenvalue weighted by Gasteiger charge is 2.18. The minimum atomic E-state index is -0.269. The fourth-order valence-corrected chi connectivity index (χ4v) is 3.40. The third-order valence-corrected chi connectivity index (χ3v) is 4.64. The molecule has 126 valence electrons. The Kier molecular flexibility index (Phi) is 6.12. The Morgan fingerprint density at radius 2 is 2.26 bits per heavy atom. The lowest BCUT2D eigenvalue weighted by molar-refractivity contribution is 0.243. The lowest BCUT2D eigenvalue weighted by atomic mass is 10.1. The van der Waals surface area contributed by atoms with Crippen LogP contribution in [0.3, 0.4) is 0 Å². The van der Waals surface area contributed by atoms with Crippen LogP contribution in [0.25, 0.3) is 0 Å². The molecule has 2 aromatic heterocycles. The van der Waals surface area contributed by atoms with Gasteiger partial charge in [-0.05, 0) is 44.4 Å². The Morgan fingerprint density at radius 1 is 1.48 bits per heavy atom. The van der Waals surface area contributed by atoms with Gasteiger partial charge in [0.05, 0.1) is 12.2 Å². The Bertz CT molecular complexity index is 635. The first-order chi connectivity index (χ1) is 11.0. The zero-order valence-electron chi connectivity index (χ0n) is 14.0. The second-order valence-electron chi connectivity index (χ2n) is 5.65. The number of rotatable bonds is 7. The molecule has 8 heteroatoms. The van der Waals surface area contributed by atoms with E-state index in [2.05, 4.69) is 51.1 Å². The third-order valence-electron chi connectivity index (χ3n) is 3.52. The van der Waals surface area contributed by atoms with E-state index in [-0.39, 0.29) is 12.1 Å². The van der Waals surface area contributed by atoms with Crippen molar-refractivity contribution in [1.29, 1.82) is 0 Å². The molecule has 0 aliphatic carbocycles. The van der Waals surface area contributed by atoms with Crippen LogP contribution in [0.5, 0.6) is 0 Å². The highest BCUT2D eigenvalue weighted by atomic mass is 32.1. The molecule has 0 radical (unpaired) electrons. The normalized spacial score (nSPS) is 12.4. The summed E-state index contributed by atoms with van der Waals surface area (Å²) in [5.74, 6) is 0.463. The number of aryl methyl sites for hydroxylation is 2. The number of nitrogens with zero attached hydrogens (tertiary/aromatic N) is 4. The standard InChI is InChI=1S/C15H24N6OS/c1-5-7-21-10-13(18-19-21)17-15(22)16-9-12(20(3)4)14-11(2)6-8-23-14/h6,8,10,12H,5,7,9H2,1-4H3,(H2,16,17,22). The fraction of sp³-hybridized carbons (Fsp3) is 0.533. The van der Waals surface area contributed by atoms with Gasteiger partial charge in [0.2, 0.25) is 0 Å². The van der Waals surface area contributed by atoms with E-state index in [1.807, 2.05) is 14.1 Å². The first kappa shape index (κ1) is 17.4. The summed E-state index contributed by atoms with van der Waals surface area (Å²) in [5, 5.41) is 15.6. The monoisotopic (exact) mass is 336 g/mol. The molecule has 0 aliphatic rings. The van der Waals surface area contributed by atoms with E-state index in [0.29, 0.717) is 12.4 Å². The number of amides is 2. The number of hydrogen-bond acceptors (Lipinski definition) is 5. The molecular weight excluding hydrogens is 312 g/mol. The van der Waals surface area contributed by atoms with Crippen LogP contribution in [0.1, 0.15) is 29.8 Å². The molecule has 23 heavy (non-hydrogen) atoms. The summed E-state index contributed by atoms with van der Waals surface area (Å²) in [4.78, 5) is 15.4. The zero-order chi connectivity index (χ0) is 16.8. The molecule has 2 heterocycles. The summed E-state index contributed by atoms with van der Waals surface area (Å²) in [7, 11) is 4.03. The van der Waals surface area contributed by atoms with Crippen LogP contribution in [-0.2, 0) is 6.54 Å². The second-order valence-corrected chi connectivity index (χ2v) is 6.60. The first-order valence-corrected chi connectivity index (χ1v) is 8.54. The van der Waals surface area contributed by atoms with E-state index in [1.54, 1.807) is 22.2 Å². The van der Waals surface area contributed by atoms with Gasteiger partial charge in [0, 0.05) is 18.0 Å². The molecule has 2 N–H and O–H groups in total. The number of carbonyl (C=O) groups is 1. The first-order valence-electron chi connectivity index (χ1n) is 7.66. The van der Waals surface area contributed by atoms with Crippen LogP contribution in [0, 0.1) is 6.92 Å². The average Bonchev–Trinajstić information content (AvgIpc) is 3.09. The van der Waals surface area contributed by atoms with Gasteiger partial charge in [-0.25, -0.2) is 4.79 Å². The molecule has 0 spiro atoms. The number of thiophene rings is 1. The Hall–Kier alpha value is -1.93. The van der Waals surface area contributed by atoms with E-state index >= 15 is 0 Å². The van der Waals surface area contributed by atoms with E-state index in [0.717, 1.165) is 13.0 Å². The molecular formula is C15H24N6OS. The molecule has 0 bridgehead atoms. The summed E-state index contributed by atoms with van der Waals surface area (Å²) in [5.41, 5.74) is 1.25. The summed E-state index contributed by atoms with van der Waals surface area (Å²) < 4.78 is 1.72. The van der Waals surface area contributed by atoms with E-state index in [4.69, 9.17) is 0 Å². The molecule has 1 atom stereocenters. The molecule has 2 amide bonds. The van der Waals surface area contributed by atoms with Crippen molar-refractivity contribution in [3.8, 4) is 0 Å². The number of urea groups is 1. The van der Waals surface area contributed by atoms with Gasteiger partial charge in [-0.3, -0.25) is 10.00 Å². The largest absolute Gasteiger partial charge is 0.336 e. The number of anilines is 1. The highest BCUT2D eigenvalue weighted by molar-refractivity contribution is 7.10. The average molecular weight is 336 g/mol. The second kappa shape index (κ2) is 8.07. The SMILES string of the molecule is CCCn1cc(NC(=O)NCC(c2sccc2C)N(C)C)nn1. The minimum absolute atomic E-state index is 0.150. The van der Waals surface area contributed by atoms with Crippen LogP contribution < -0.4 is 10.6 Å². The summed E-state index contributed by atoms with van der Waals surface area (Å²) in [6.45, 7) is 5.48. The number of hydrogen-bond donors (Lipinski definition) is 2. The molecule has 0 aliphatic heterocycles. The van der Waals surface area contributed by atoms with E-state index in [1.165, 1.54) is 10.4 Å². The topological polar surface area (TPSA) is 75.1 Å². The molecule has 0 fully saturated rings. The predicted octanol–water partition coefficient (Wildman–Crippen LogP) is 2.48. The van der Waals surface area contributed by atoms with Gasteiger partial charge in [0.25, 0.3) is 0 Å². The number of likely N-dealkylation sites (N-methyl/N-ethyl adjacent to an activating group) is 1. The number of aromatic nitrogens is 3. The van der Waals surface area contributed by atoms with Crippen LogP contribution in [0.15, 0.2) is 17.6 Å². The van der Waals surface area contributed by atoms with Gasteiger partial charge in [-0.1, -0.05) is 12.1 Å². The summed E-state index contributed by atoms with van der Waals surface area (Å²) in [6, 6.07) is 1.98. The maximum atomic E-state index is 12.0. The number of carbonyl (C=O) groups excluding carboxylic acids is 1. The van der Waals surface area contributed by atoms with E-state index in [9.17, 15) is 4.79 Å². The van der Waals surface area contributed by atoms with Gasteiger partial charge in [0.1, 0.15) is 0 Å². The lowest BCUT2D eigenvalue weighted by Gasteiger charge is -2.24. The molecule has 2 aromatic rings. The van der Waals surface area contributed by atoms with Crippen LogP contribution in [-0.4, -0.2) is 46.6 Å². The van der Waals surface area contributed by atoms with Gasteiger partial charge >= 0.3 is 6.03 Å². The van der Waals surface area contributed by atoms with E-state index < -0.39 is 0 Å². The van der Waals surface area contributed by atoms with Crippen molar-refractivity contribution in [1.82, 2.24) is 25.2 Å². The van der Waals surface area contributed by atoms with Crippen molar-refractivity contribution in [2.45, 2.75) is 32.9 Å². The third kappa shape index (κ3) is 4.77. The molecule has 0 aromatic carbocycles. The van der Waals surface area contributed by atoms with Crippen molar-refractivity contribution in [2.24, 2.45) is 0 Å². The maximum absolute atomic E-state index is 12.0. The summed E-state index contributed by atoms with van der Waals surface area (Å²) >= 11 is 1.71. The molecule has 0 saturated heterocycles. The van der Waals surface area contributed by atoms with Crippen molar-refractivity contribution in [3.05, 3.63) is 28.1 Å². The Morgan fingerprint density at radius 3 is 2.87 bits per heavy atom. The smallest absolute Gasteiger partial charge is 0.320 e. The maximum Gasteiger partial charge on any atom is 0.320 e.